The average molecular weight is 242 g/mol. The quantitative estimate of drug-likeness (QED) is 0.434. The highest BCUT2D eigenvalue weighted by molar-refractivity contribution is 4.53. The lowest BCUT2D eigenvalue weighted by Crippen LogP contribution is -1.93. The third kappa shape index (κ3) is 13.9. The molecule has 0 aliphatic heterocycles. The van der Waals surface area contributed by atoms with Crippen LogP contribution < -0.4 is 0 Å². The summed E-state index contributed by atoms with van der Waals surface area (Å²) in [6.07, 6.45) is 16.2. The van der Waals surface area contributed by atoms with Gasteiger partial charge in [-0.3, -0.25) is 0 Å². The Hall–Kier alpha value is -0.0400. The van der Waals surface area contributed by atoms with Crippen molar-refractivity contribution in [3.8, 4) is 0 Å². The monoisotopic (exact) mass is 242 g/mol. The number of unbranched alkanes of at least 4 members (excludes halogenated alkanes) is 8. The fourth-order valence-electron chi connectivity index (χ4n) is 2.48. The zero-order valence-corrected chi connectivity index (χ0v) is 12.2. The fourth-order valence-corrected chi connectivity index (χ4v) is 2.48. The summed E-state index contributed by atoms with van der Waals surface area (Å²) < 4.78 is 0. The summed E-state index contributed by atoms with van der Waals surface area (Å²) >= 11 is 0. The standard InChI is InChI=1S/C16H34O/c1-3-13-16(2)14-11-9-7-5-4-6-8-10-12-15-17/h16-17H,3-15H2,1-2H3. The molecule has 0 aromatic rings. The molecular formula is C16H34O. The molecule has 0 amide bonds. The van der Waals surface area contributed by atoms with Crippen LogP contribution in [0.25, 0.3) is 0 Å². The van der Waals surface area contributed by atoms with Gasteiger partial charge in [0.05, 0.1) is 0 Å². The molecule has 0 radical (unpaired) electrons. The first-order valence-corrected chi connectivity index (χ1v) is 7.92. The molecule has 0 aromatic carbocycles. The molecule has 1 nitrogen and oxygen atoms in total. The summed E-state index contributed by atoms with van der Waals surface area (Å²) in [6.45, 7) is 5.05. The molecular weight excluding hydrogens is 208 g/mol. The van der Waals surface area contributed by atoms with E-state index in [-0.39, 0.29) is 0 Å². The number of hydrogen-bond acceptors (Lipinski definition) is 1. The zero-order chi connectivity index (χ0) is 12.8. The van der Waals surface area contributed by atoms with Gasteiger partial charge in [-0.25, -0.2) is 0 Å². The number of aliphatic hydroxyl groups excluding tert-OH is 1. The van der Waals surface area contributed by atoms with Crippen LogP contribution in [0.1, 0.15) is 90.9 Å². The van der Waals surface area contributed by atoms with Gasteiger partial charge in [0.15, 0.2) is 0 Å². The molecule has 0 bridgehead atoms. The topological polar surface area (TPSA) is 20.2 Å². The van der Waals surface area contributed by atoms with Gasteiger partial charge >= 0.3 is 0 Å². The van der Waals surface area contributed by atoms with E-state index >= 15 is 0 Å². The maximum atomic E-state index is 8.65. The van der Waals surface area contributed by atoms with Gasteiger partial charge in [0, 0.05) is 6.61 Å². The molecule has 0 heterocycles. The smallest absolute Gasteiger partial charge is 0.0431 e. The van der Waals surface area contributed by atoms with Crippen molar-refractivity contribution in [1.29, 1.82) is 0 Å². The molecule has 0 saturated carbocycles. The van der Waals surface area contributed by atoms with Crippen LogP contribution in [0, 0.1) is 5.92 Å². The Bertz CT molecular complexity index is 133. The third-order valence-electron chi connectivity index (χ3n) is 3.64. The molecule has 0 aliphatic carbocycles. The first-order chi connectivity index (χ1) is 8.31. The lowest BCUT2D eigenvalue weighted by Gasteiger charge is -2.09. The molecule has 0 rings (SSSR count). The lowest BCUT2D eigenvalue weighted by molar-refractivity contribution is 0.282. The predicted molar refractivity (Wildman–Crippen MR) is 77.3 cm³/mol. The van der Waals surface area contributed by atoms with E-state index in [0.717, 1.165) is 12.3 Å². The van der Waals surface area contributed by atoms with Crippen molar-refractivity contribution >= 4 is 0 Å². The Morgan fingerprint density at radius 3 is 1.65 bits per heavy atom. The van der Waals surface area contributed by atoms with E-state index in [1.165, 1.54) is 70.6 Å². The second-order valence-corrected chi connectivity index (χ2v) is 5.59. The number of rotatable bonds is 13. The third-order valence-corrected chi connectivity index (χ3v) is 3.64. The van der Waals surface area contributed by atoms with Crippen LogP contribution in [0.5, 0.6) is 0 Å². The van der Waals surface area contributed by atoms with Crippen LogP contribution >= 0.6 is 0 Å². The first-order valence-electron chi connectivity index (χ1n) is 7.92. The highest BCUT2D eigenvalue weighted by Crippen LogP contribution is 2.16. The minimum absolute atomic E-state index is 0.371. The molecule has 1 atom stereocenters. The highest BCUT2D eigenvalue weighted by atomic mass is 16.2. The van der Waals surface area contributed by atoms with Gasteiger partial charge in [0.25, 0.3) is 0 Å². The van der Waals surface area contributed by atoms with Gasteiger partial charge in [0.1, 0.15) is 0 Å². The molecule has 104 valence electrons. The Balaban J connectivity index is 2.98. The van der Waals surface area contributed by atoms with Crippen molar-refractivity contribution < 1.29 is 5.11 Å². The summed E-state index contributed by atoms with van der Waals surface area (Å²) in [5.41, 5.74) is 0. The average Bonchev–Trinajstić information content (AvgIpc) is 2.32. The van der Waals surface area contributed by atoms with Gasteiger partial charge in [-0.05, 0) is 12.3 Å². The second-order valence-electron chi connectivity index (χ2n) is 5.59. The molecule has 0 fully saturated rings. The van der Waals surface area contributed by atoms with E-state index in [1.807, 2.05) is 0 Å². The molecule has 17 heavy (non-hydrogen) atoms. The molecule has 0 spiro atoms. The SMILES string of the molecule is CCCC(C)CCCCCCCCCCCO. The number of hydrogen-bond donors (Lipinski definition) is 1. The van der Waals surface area contributed by atoms with E-state index in [1.54, 1.807) is 0 Å². The first kappa shape index (κ1) is 17.0. The van der Waals surface area contributed by atoms with Gasteiger partial charge in [-0.1, -0.05) is 84.5 Å². The van der Waals surface area contributed by atoms with Crippen molar-refractivity contribution in [2.24, 2.45) is 5.92 Å². The summed E-state index contributed by atoms with van der Waals surface area (Å²) in [5, 5.41) is 8.65. The van der Waals surface area contributed by atoms with Gasteiger partial charge in [-0.2, -0.15) is 0 Å². The van der Waals surface area contributed by atoms with E-state index in [0.29, 0.717) is 6.61 Å². The fraction of sp³-hybridized carbons (Fsp3) is 1.00. The van der Waals surface area contributed by atoms with Gasteiger partial charge in [0.2, 0.25) is 0 Å². The molecule has 1 N–H and O–H groups in total. The van der Waals surface area contributed by atoms with Gasteiger partial charge < -0.3 is 5.11 Å². The predicted octanol–water partition coefficient (Wildman–Crippen LogP) is 5.32. The van der Waals surface area contributed by atoms with E-state index in [9.17, 15) is 0 Å². The highest BCUT2D eigenvalue weighted by Gasteiger charge is 1.99. The van der Waals surface area contributed by atoms with Crippen molar-refractivity contribution in [2.75, 3.05) is 6.61 Å². The molecule has 0 aliphatic rings. The molecule has 1 unspecified atom stereocenters. The minimum atomic E-state index is 0.371. The van der Waals surface area contributed by atoms with Crippen molar-refractivity contribution in [1.82, 2.24) is 0 Å². The summed E-state index contributed by atoms with van der Waals surface area (Å²) in [6, 6.07) is 0. The van der Waals surface area contributed by atoms with Crippen molar-refractivity contribution in [3.63, 3.8) is 0 Å². The minimum Gasteiger partial charge on any atom is -0.396 e. The number of aliphatic hydroxyl groups is 1. The Morgan fingerprint density at radius 2 is 1.18 bits per heavy atom. The summed E-state index contributed by atoms with van der Waals surface area (Å²) in [4.78, 5) is 0. The Kier molecular flexibility index (Phi) is 14.0. The van der Waals surface area contributed by atoms with Crippen LogP contribution in [0.3, 0.4) is 0 Å². The van der Waals surface area contributed by atoms with Crippen molar-refractivity contribution in [2.45, 2.75) is 90.9 Å². The normalized spacial score (nSPS) is 12.9. The van der Waals surface area contributed by atoms with Crippen LogP contribution in [0.2, 0.25) is 0 Å². The molecule has 0 saturated heterocycles. The van der Waals surface area contributed by atoms with E-state index < -0.39 is 0 Å². The summed E-state index contributed by atoms with van der Waals surface area (Å²) in [5.74, 6) is 0.943. The van der Waals surface area contributed by atoms with Crippen LogP contribution in [0.15, 0.2) is 0 Å². The summed E-state index contributed by atoms with van der Waals surface area (Å²) in [7, 11) is 0. The maximum Gasteiger partial charge on any atom is 0.0431 e. The Labute approximate surface area is 109 Å². The molecule has 0 aromatic heterocycles. The van der Waals surface area contributed by atoms with Gasteiger partial charge in [-0.15, -0.1) is 0 Å². The largest absolute Gasteiger partial charge is 0.396 e. The van der Waals surface area contributed by atoms with Crippen LogP contribution in [0.4, 0.5) is 0 Å². The van der Waals surface area contributed by atoms with E-state index in [2.05, 4.69) is 13.8 Å². The van der Waals surface area contributed by atoms with E-state index in [4.69, 9.17) is 5.11 Å². The zero-order valence-electron chi connectivity index (χ0n) is 12.2. The lowest BCUT2D eigenvalue weighted by atomic mass is 9.98. The van der Waals surface area contributed by atoms with Crippen LogP contribution in [-0.4, -0.2) is 11.7 Å². The maximum absolute atomic E-state index is 8.65. The van der Waals surface area contributed by atoms with Crippen LogP contribution in [-0.2, 0) is 0 Å². The van der Waals surface area contributed by atoms with Crippen molar-refractivity contribution in [3.05, 3.63) is 0 Å². The second kappa shape index (κ2) is 14.0. The molecule has 1 heteroatoms. The Morgan fingerprint density at radius 1 is 0.706 bits per heavy atom.